The first kappa shape index (κ1) is 20.7. The molecule has 5 rings (SSSR count). The molecule has 9 heteroatoms. The summed E-state index contributed by atoms with van der Waals surface area (Å²) in [5.41, 5.74) is 0.886. The highest BCUT2D eigenvalue weighted by Gasteiger charge is 2.25. The average molecular weight is 445 g/mol. The molecule has 2 heterocycles. The fourth-order valence-electron chi connectivity index (χ4n) is 3.80. The van der Waals surface area contributed by atoms with Gasteiger partial charge in [-0.2, -0.15) is 5.10 Å². The van der Waals surface area contributed by atoms with Crippen molar-refractivity contribution < 1.29 is 9.18 Å². The van der Waals surface area contributed by atoms with E-state index in [1.54, 1.807) is 37.3 Å². The predicted molar refractivity (Wildman–Crippen MR) is 121 cm³/mol. The van der Waals surface area contributed by atoms with Gasteiger partial charge < -0.3 is 5.32 Å². The molecule has 1 aliphatic carbocycles. The molecule has 8 nitrogen and oxygen atoms in total. The zero-order valence-electron chi connectivity index (χ0n) is 17.8. The fraction of sp³-hybridized carbons (Fsp3) is 0.208. The number of halogens is 1. The number of para-hydroxylation sites is 1. The van der Waals surface area contributed by atoms with E-state index in [9.17, 15) is 18.8 Å². The first-order valence-electron chi connectivity index (χ1n) is 10.6. The fourth-order valence-corrected chi connectivity index (χ4v) is 3.80. The molecule has 0 saturated heterocycles. The summed E-state index contributed by atoms with van der Waals surface area (Å²) in [4.78, 5) is 42.2. The quantitative estimate of drug-likeness (QED) is 0.509. The van der Waals surface area contributed by atoms with Gasteiger partial charge in [-0.25, -0.2) is 14.1 Å². The molecule has 0 unspecified atom stereocenters. The number of amides is 1. The van der Waals surface area contributed by atoms with Crippen LogP contribution in [0.25, 0.3) is 16.6 Å². The topological polar surface area (TPSA) is 98.9 Å². The van der Waals surface area contributed by atoms with Gasteiger partial charge in [-0.3, -0.25) is 19.0 Å². The first-order chi connectivity index (χ1) is 15.9. The molecule has 2 aromatic heterocycles. The lowest BCUT2D eigenvalue weighted by Gasteiger charge is -2.13. The van der Waals surface area contributed by atoms with Gasteiger partial charge in [-0.05, 0) is 56.2 Å². The summed E-state index contributed by atoms with van der Waals surface area (Å²) in [6.45, 7) is 1.33. The van der Waals surface area contributed by atoms with Crippen LogP contribution in [0.4, 0.5) is 10.1 Å². The van der Waals surface area contributed by atoms with Crippen LogP contribution in [0, 0.1) is 12.7 Å². The Morgan fingerprint density at radius 2 is 1.91 bits per heavy atom. The maximum atomic E-state index is 14.5. The molecule has 0 atom stereocenters. The summed E-state index contributed by atoms with van der Waals surface area (Å²) in [6, 6.07) is 14.0. The summed E-state index contributed by atoms with van der Waals surface area (Å²) >= 11 is 0. The number of nitrogens with one attached hydrogen (secondary N) is 1. The largest absolute Gasteiger partial charge is 0.322 e. The number of hydrogen-bond acceptors (Lipinski definition) is 5. The van der Waals surface area contributed by atoms with Crippen molar-refractivity contribution in [3.05, 3.63) is 92.6 Å². The third-order valence-corrected chi connectivity index (χ3v) is 5.60. The Kier molecular flexibility index (Phi) is 5.08. The average Bonchev–Trinajstić information content (AvgIpc) is 3.63. The van der Waals surface area contributed by atoms with Crippen LogP contribution >= 0.6 is 0 Å². The van der Waals surface area contributed by atoms with Crippen molar-refractivity contribution in [2.75, 3.05) is 5.32 Å². The zero-order chi connectivity index (χ0) is 23.1. The van der Waals surface area contributed by atoms with E-state index in [0.717, 1.165) is 23.2 Å². The van der Waals surface area contributed by atoms with Gasteiger partial charge in [-0.1, -0.05) is 12.1 Å². The number of carbonyl (C=O) groups is 1. The third kappa shape index (κ3) is 4.05. The number of nitrogens with zero attached hydrogens (tertiary/aromatic N) is 4. The summed E-state index contributed by atoms with van der Waals surface area (Å²) in [6.07, 6.45) is 2.02. The highest BCUT2D eigenvalue weighted by molar-refractivity contribution is 5.91. The summed E-state index contributed by atoms with van der Waals surface area (Å²) in [5, 5.41) is 7.17. The zero-order valence-corrected chi connectivity index (χ0v) is 17.8. The normalized spacial score (nSPS) is 13.3. The standard InChI is InChI=1S/C24H20FN5O3/c1-14-26-20-5-3-2-4-17(20)24(33)30(14)16-8-9-18(25)21(12-16)27-22(31)13-29-23(32)11-10-19(28-29)15-6-7-15/h2-5,8-12,15H,6-7,13H2,1H3,(H,27,31). The monoisotopic (exact) mass is 445 g/mol. The minimum absolute atomic E-state index is 0.108. The second-order valence-corrected chi connectivity index (χ2v) is 8.06. The molecule has 0 spiro atoms. The lowest BCUT2D eigenvalue weighted by atomic mass is 10.2. The molecule has 0 aliphatic heterocycles. The molecule has 0 bridgehead atoms. The number of fused-ring (bicyclic) bond motifs is 1. The SMILES string of the molecule is Cc1nc2ccccc2c(=O)n1-c1ccc(F)c(NC(=O)Cn2nc(C3CC3)ccc2=O)c1. The van der Waals surface area contributed by atoms with Crippen LogP contribution in [0.15, 0.2) is 64.2 Å². The van der Waals surface area contributed by atoms with Crippen molar-refractivity contribution in [2.24, 2.45) is 0 Å². The summed E-state index contributed by atoms with van der Waals surface area (Å²) < 4.78 is 16.9. The van der Waals surface area contributed by atoms with E-state index in [-0.39, 0.29) is 17.8 Å². The number of benzene rings is 2. The van der Waals surface area contributed by atoms with Crippen LogP contribution in [-0.2, 0) is 11.3 Å². The lowest BCUT2D eigenvalue weighted by molar-refractivity contribution is -0.117. The second-order valence-electron chi connectivity index (χ2n) is 8.06. The molecule has 0 radical (unpaired) electrons. The van der Waals surface area contributed by atoms with Crippen LogP contribution in [0.1, 0.15) is 30.3 Å². The lowest BCUT2D eigenvalue weighted by Crippen LogP contribution is -2.30. The summed E-state index contributed by atoms with van der Waals surface area (Å²) in [5.74, 6) is -0.519. The molecule has 4 aromatic rings. The third-order valence-electron chi connectivity index (χ3n) is 5.60. The van der Waals surface area contributed by atoms with E-state index in [1.807, 2.05) is 0 Å². The van der Waals surface area contributed by atoms with Crippen molar-refractivity contribution in [3.63, 3.8) is 0 Å². The minimum Gasteiger partial charge on any atom is -0.322 e. The van der Waals surface area contributed by atoms with Gasteiger partial charge in [0.2, 0.25) is 5.91 Å². The van der Waals surface area contributed by atoms with Crippen LogP contribution in [0.3, 0.4) is 0 Å². The number of hydrogen-bond donors (Lipinski definition) is 1. The highest BCUT2D eigenvalue weighted by atomic mass is 19.1. The first-order valence-corrected chi connectivity index (χ1v) is 10.6. The van der Waals surface area contributed by atoms with Gasteiger partial charge in [0, 0.05) is 12.0 Å². The van der Waals surface area contributed by atoms with Crippen LogP contribution in [0.5, 0.6) is 0 Å². The Labute approximate surface area is 187 Å². The van der Waals surface area contributed by atoms with E-state index in [1.165, 1.54) is 28.8 Å². The van der Waals surface area contributed by atoms with Crippen LogP contribution in [0.2, 0.25) is 0 Å². The smallest absolute Gasteiger partial charge is 0.267 e. The molecule has 1 amide bonds. The van der Waals surface area contributed by atoms with Gasteiger partial charge in [0.05, 0.1) is 28.0 Å². The molecule has 166 valence electrons. The molecule has 1 N–H and O–H groups in total. The van der Waals surface area contributed by atoms with Gasteiger partial charge in [0.15, 0.2) is 0 Å². The van der Waals surface area contributed by atoms with Crippen molar-refractivity contribution in [1.29, 1.82) is 0 Å². The Hall–Kier alpha value is -4.14. The van der Waals surface area contributed by atoms with E-state index in [4.69, 9.17) is 0 Å². The van der Waals surface area contributed by atoms with E-state index in [0.29, 0.717) is 28.3 Å². The predicted octanol–water partition coefficient (Wildman–Crippen LogP) is 2.91. The summed E-state index contributed by atoms with van der Waals surface area (Å²) in [7, 11) is 0. The second kappa shape index (κ2) is 8.09. The number of anilines is 1. The molecule has 2 aromatic carbocycles. The van der Waals surface area contributed by atoms with Gasteiger partial charge in [0.25, 0.3) is 11.1 Å². The van der Waals surface area contributed by atoms with Crippen LogP contribution in [-0.4, -0.2) is 25.2 Å². The minimum atomic E-state index is -0.668. The van der Waals surface area contributed by atoms with Crippen molar-refractivity contribution in [2.45, 2.75) is 32.2 Å². The molecular weight excluding hydrogens is 425 g/mol. The van der Waals surface area contributed by atoms with Gasteiger partial charge in [-0.15, -0.1) is 0 Å². The Morgan fingerprint density at radius 1 is 1.12 bits per heavy atom. The maximum Gasteiger partial charge on any atom is 0.267 e. The van der Waals surface area contributed by atoms with E-state index in [2.05, 4.69) is 15.4 Å². The number of carbonyl (C=O) groups excluding carboxylic acids is 1. The number of aryl methyl sites for hydroxylation is 1. The number of rotatable bonds is 5. The molecule has 1 aliphatic rings. The van der Waals surface area contributed by atoms with Crippen molar-refractivity contribution >= 4 is 22.5 Å². The van der Waals surface area contributed by atoms with Crippen LogP contribution < -0.4 is 16.4 Å². The molecular formula is C24H20FN5O3. The van der Waals surface area contributed by atoms with Gasteiger partial charge >= 0.3 is 0 Å². The Balaban J connectivity index is 1.45. The van der Waals surface area contributed by atoms with Gasteiger partial charge in [0.1, 0.15) is 18.2 Å². The highest BCUT2D eigenvalue weighted by Crippen LogP contribution is 2.38. The molecule has 33 heavy (non-hydrogen) atoms. The Morgan fingerprint density at radius 3 is 2.70 bits per heavy atom. The van der Waals surface area contributed by atoms with E-state index >= 15 is 0 Å². The van der Waals surface area contributed by atoms with E-state index < -0.39 is 17.3 Å². The molecule has 1 saturated carbocycles. The van der Waals surface area contributed by atoms with Crippen molar-refractivity contribution in [3.8, 4) is 5.69 Å². The maximum absolute atomic E-state index is 14.5. The molecule has 1 fully saturated rings. The number of aromatic nitrogens is 4. The van der Waals surface area contributed by atoms with Crippen molar-refractivity contribution in [1.82, 2.24) is 19.3 Å². The Bertz CT molecular complexity index is 1520.